The molecule has 1 fully saturated rings. The molecule has 0 unspecified atom stereocenters. The van der Waals surface area contributed by atoms with Crippen LogP contribution in [0.1, 0.15) is 24.8 Å². The highest BCUT2D eigenvalue weighted by Gasteiger charge is 2.29. The van der Waals surface area contributed by atoms with E-state index in [0.717, 1.165) is 43.7 Å². The maximum Gasteiger partial charge on any atom is 0.321 e. The smallest absolute Gasteiger partial charge is 0.321 e. The van der Waals surface area contributed by atoms with E-state index < -0.39 is 0 Å². The third-order valence-electron chi connectivity index (χ3n) is 4.94. The SMILES string of the molecule is COC1(C=CCOCc2ccc(N(C)C(=O)NCCCN)cc2)CCOCC1. The predicted molar refractivity (Wildman–Crippen MR) is 111 cm³/mol. The summed E-state index contributed by atoms with van der Waals surface area (Å²) in [5, 5.41) is 2.84. The van der Waals surface area contributed by atoms with Crippen molar-refractivity contribution >= 4 is 11.7 Å². The second-order valence-corrected chi connectivity index (χ2v) is 6.90. The molecule has 7 heteroatoms. The van der Waals surface area contributed by atoms with E-state index in [1.165, 1.54) is 0 Å². The summed E-state index contributed by atoms with van der Waals surface area (Å²) in [5.74, 6) is 0. The molecule has 1 heterocycles. The molecule has 0 aliphatic carbocycles. The van der Waals surface area contributed by atoms with E-state index in [0.29, 0.717) is 26.3 Å². The second kappa shape index (κ2) is 11.8. The number of urea groups is 1. The van der Waals surface area contributed by atoms with Crippen molar-refractivity contribution in [2.45, 2.75) is 31.5 Å². The largest absolute Gasteiger partial charge is 0.381 e. The second-order valence-electron chi connectivity index (χ2n) is 6.90. The Balaban J connectivity index is 1.75. The Hall–Kier alpha value is -1.93. The van der Waals surface area contributed by atoms with Crippen LogP contribution in [0.3, 0.4) is 0 Å². The molecule has 2 amide bonds. The third-order valence-corrected chi connectivity index (χ3v) is 4.94. The number of nitrogens with two attached hydrogens (primary N) is 1. The zero-order chi connectivity index (χ0) is 20.2. The number of carbonyl (C=O) groups excluding carboxylic acids is 1. The lowest BCUT2D eigenvalue weighted by Gasteiger charge is -2.33. The molecule has 3 N–H and O–H groups in total. The van der Waals surface area contributed by atoms with Crippen molar-refractivity contribution in [2.24, 2.45) is 5.73 Å². The summed E-state index contributed by atoms with van der Waals surface area (Å²) < 4.78 is 16.8. The first-order chi connectivity index (χ1) is 13.6. The van der Waals surface area contributed by atoms with E-state index in [1.807, 2.05) is 30.3 Å². The average Bonchev–Trinajstić information content (AvgIpc) is 2.74. The van der Waals surface area contributed by atoms with E-state index >= 15 is 0 Å². The van der Waals surface area contributed by atoms with Gasteiger partial charge in [0.2, 0.25) is 0 Å². The minimum Gasteiger partial charge on any atom is -0.381 e. The van der Waals surface area contributed by atoms with Crippen LogP contribution in [-0.4, -0.2) is 58.7 Å². The molecule has 0 aromatic heterocycles. The van der Waals surface area contributed by atoms with Gasteiger partial charge in [0, 0.05) is 52.4 Å². The van der Waals surface area contributed by atoms with Gasteiger partial charge in [-0.3, -0.25) is 4.90 Å². The highest BCUT2D eigenvalue weighted by molar-refractivity contribution is 5.91. The lowest BCUT2D eigenvalue weighted by Crippen LogP contribution is -2.38. The van der Waals surface area contributed by atoms with Crippen LogP contribution in [0.4, 0.5) is 10.5 Å². The number of carbonyl (C=O) groups is 1. The quantitative estimate of drug-likeness (QED) is 0.473. The maximum absolute atomic E-state index is 12.1. The lowest BCUT2D eigenvalue weighted by molar-refractivity contribution is -0.0589. The summed E-state index contributed by atoms with van der Waals surface area (Å²) in [6.07, 6.45) is 6.62. The Morgan fingerprint density at radius 1 is 1.32 bits per heavy atom. The van der Waals surface area contributed by atoms with Gasteiger partial charge in [-0.25, -0.2) is 4.79 Å². The Morgan fingerprint density at radius 3 is 2.68 bits per heavy atom. The molecule has 0 atom stereocenters. The van der Waals surface area contributed by atoms with Gasteiger partial charge in [0.1, 0.15) is 0 Å². The Bertz CT molecular complexity index is 613. The van der Waals surface area contributed by atoms with Crippen LogP contribution in [0.5, 0.6) is 0 Å². The summed E-state index contributed by atoms with van der Waals surface area (Å²) in [6.45, 7) is 3.64. The number of hydrogen-bond acceptors (Lipinski definition) is 5. The van der Waals surface area contributed by atoms with Gasteiger partial charge >= 0.3 is 6.03 Å². The number of nitrogens with zero attached hydrogens (tertiary/aromatic N) is 1. The van der Waals surface area contributed by atoms with E-state index in [4.69, 9.17) is 19.9 Å². The molecule has 0 saturated carbocycles. The fraction of sp³-hybridized carbons (Fsp3) is 0.571. The molecule has 0 spiro atoms. The molecular weight excluding hydrogens is 358 g/mol. The van der Waals surface area contributed by atoms with E-state index in [-0.39, 0.29) is 11.6 Å². The first-order valence-corrected chi connectivity index (χ1v) is 9.79. The van der Waals surface area contributed by atoms with Crippen molar-refractivity contribution in [1.29, 1.82) is 0 Å². The standard InChI is InChI=1S/C21H33N3O4/c1-24(20(25)23-13-4-12-22)19-7-5-18(6-8-19)17-28-14-3-9-21(26-2)10-15-27-16-11-21/h3,5-9H,4,10-17,22H2,1-2H3,(H,23,25). The van der Waals surface area contributed by atoms with Crippen molar-refractivity contribution in [1.82, 2.24) is 5.32 Å². The third kappa shape index (κ3) is 6.91. The molecule has 1 aliphatic heterocycles. The van der Waals surface area contributed by atoms with Crippen LogP contribution in [0, 0.1) is 0 Å². The van der Waals surface area contributed by atoms with Crippen LogP contribution in [0.25, 0.3) is 0 Å². The van der Waals surface area contributed by atoms with Crippen LogP contribution in [-0.2, 0) is 20.8 Å². The number of anilines is 1. The first-order valence-electron chi connectivity index (χ1n) is 9.79. The van der Waals surface area contributed by atoms with Gasteiger partial charge in [0.05, 0.1) is 18.8 Å². The molecule has 1 saturated heterocycles. The van der Waals surface area contributed by atoms with Crippen molar-refractivity contribution in [2.75, 3.05) is 52.0 Å². The van der Waals surface area contributed by atoms with Crippen LogP contribution in [0.15, 0.2) is 36.4 Å². The van der Waals surface area contributed by atoms with E-state index in [2.05, 4.69) is 11.4 Å². The van der Waals surface area contributed by atoms with Crippen molar-refractivity contribution in [3.63, 3.8) is 0 Å². The van der Waals surface area contributed by atoms with Crippen molar-refractivity contribution in [3.8, 4) is 0 Å². The summed E-state index contributed by atoms with van der Waals surface area (Å²) in [4.78, 5) is 13.6. The van der Waals surface area contributed by atoms with Gasteiger partial charge in [0.15, 0.2) is 0 Å². The highest BCUT2D eigenvalue weighted by atomic mass is 16.5. The molecule has 28 heavy (non-hydrogen) atoms. The normalized spacial score (nSPS) is 16.2. The van der Waals surface area contributed by atoms with Gasteiger partial charge < -0.3 is 25.3 Å². The van der Waals surface area contributed by atoms with Gasteiger partial charge in [0.25, 0.3) is 0 Å². The van der Waals surface area contributed by atoms with Crippen LogP contribution < -0.4 is 16.0 Å². The Labute approximate surface area is 167 Å². The number of rotatable bonds is 10. The maximum atomic E-state index is 12.1. The molecular formula is C21H33N3O4. The fourth-order valence-electron chi connectivity index (χ4n) is 3.01. The predicted octanol–water partition coefficient (Wildman–Crippen LogP) is 2.45. The first kappa shape index (κ1) is 22.4. The Kier molecular flexibility index (Phi) is 9.43. The molecule has 1 aliphatic rings. The lowest BCUT2D eigenvalue weighted by atomic mass is 9.93. The molecule has 0 radical (unpaired) electrons. The number of benzene rings is 1. The summed E-state index contributed by atoms with van der Waals surface area (Å²) in [6, 6.07) is 7.64. The van der Waals surface area contributed by atoms with Gasteiger partial charge in [-0.1, -0.05) is 24.3 Å². The summed E-state index contributed by atoms with van der Waals surface area (Å²) in [5.41, 5.74) is 7.10. The number of amides is 2. The average molecular weight is 392 g/mol. The molecule has 1 aromatic carbocycles. The zero-order valence-electron chi connectivity index (χ0n) is 17.0. The molecule has 2 rings (SSSR count). The van der Waals surface area contributed by atoms with Gasteiger partial charge in [-0.05, 0) is 30.7 Å². The zero-order valence-corrected chi connectivity index (χ0v) is 17.0. The van der Waals surface area contributed by atoms with Crippen molar-refractivity contribution < 1.29 is 19.0 Å². The summed E-state index contributed by atoms with van der Waals surface area (Å²) >= 11 is 0. The number of ether oxygens (including phenoxy) is 3. The summed E-state index contributed by atoms with van der Waals surface area (Å²) in [7, 11) is 3.49. The van der Waals surface area contributed by atoms with Crippen molar-refractivity contribution in [3.05, 3.63) is 42.0 Å². The molecule has 0 bridgehead atoms. The molecule has 7 nitrogen and oxygen atoms in total. The Morgan fingerprint density at radius 2 is 2.04 bits per heavy atom. The monoisotopic (exact) mass is 391 g/mol. The van der Waals surface area contributed by atoms with E-state index in [1.54, 1.807) is 19.1 Å². The molecule has 156 valence electrons. The number of hydrogen-bond donors (Lipinski definition) is 2. The number of methoxy groups -OCH3 is 1. The fourth-order valence-corrected chi connectivity index (χ4v) is 3.01. The number of nitrogens with one attached hydrogen (secondary N) is 1. The minimum absolute atomic E-state index is 0.136. The van der Waals surface area contributed by atoms with Gasteiger partial charge in [-0.15, -0.1) is 0 Å². The topological polar surface area (TPSA) is 86.1 Å². The minimum atomic E-state index is -0.224. The van der Waals surface area contributed by atoms with Gasteiger partial charge in [-0.2, -0.15) is 0 Å². The van der Waals surface area contributed by atoms with Crippen LogP contribution in [0.2, 0.25) is 0 Å². The molecule has 1 aromatic rings. The van der Waals surface area contributed by atoms with E-state index in [9.17, 15) is 4.79 Å². The van der Waals surface area contributed by atoms with Crippen LogP contribution >= 0.6 is 0 Å². The highest BCUT2D eigenvalue weighted by Crippen LogP contribution is 2.25.